The lowest BCUT2D eigenvalue weighted by atomic mass is 9.97. The lowest BCUT2D eigenvalue weighted by Gasteiger charge is -2.26. The third kappa shape index (κ3) is 4.63. The molecule has 0 N–H and O–H groups in total. The number of amides is 1. The maximum absolute atomic E-state index is 14.0. The molecular weight excluding hydrogens is 510 g/mol. The second-order valence-corrected chi connectivity index (χ2v) is 9.79. The van der Waals surface area contributed by atoms with Gasteiger partial charge in [0, 0.05) is 6.54 Å². The summed E-state index contributed by atoms with van der Waals surface area (Å²) in [7, 11) is 4.74. The number of methoxy groups -OCH3 is 3. The average molecular weight is 544 g/mol. The first-order valence-corrected chi connectivity index (χ1v) is 13.2. The summed E-state index contributed by atoms with van der Waals surface area (Å²) in [4.78, 5) is 29.6. The van der Waals surface area contributed by atoms with Crippen molar-refractivity contribution in [3.8, 4) is 23.0 Å². The third-order valence-electron chi connectivity index (χ3n) is 7.47. The van der Waals surface area contributed by atoms with Crippen LogP contribution in [0.4, 0.5) is 0 Å². The van der Waals surface area contributed by atoms with Crippen molar-refractivity contribution in [2.75, 3.05) is 34.5 Å². The fourth-order valence-electron chi connectivity index (χ4n) is 5.27. The van der Waals surface area contributed by atoms with Crippen molar-refractivity contribution < 1.29 is 28.2 Å². The molecule has 0 saturated carbocycles. The van der Waals surface area contributed by atoms with Crippen molar-refractivity contribution in [3.05, 3.63) is 92.3 Å². The number of ether oxygens (including phenoxy) is 4. The number of aryl methyl sites for hydroxylation is 2. The lowest BCUT2D eigenvalue weighted by Crippen LogP contribution is -2.31. The minimum Gasteiger partial charge on any atom is -0.493 e. The fraction of sp³-hybridized carbons (Fsp3) is 0.312. The summed E-state index contributed by atoms with van der Waals surface area (Å²) in [6.45, 7) is 6.62. The van der Waals surface area contributed by atoms with E-state index in [1.165, 1.54) is 0 Å². The molecule has 1 atom stereocenters. The molecule has 1 aromatic heterocycles. The molecule has 0 bridgehead atoms. The Labute approximate surface area is 233 Å². The van der Waals surface area contributed by atoms with Crippen molar-refractivity contribution in [2.45, 2.75) is 33.2 Å². The highest BCUT2D eigenvalue weighted by Crippen LogP contribution is 2.41. The number of benzene rings is 3. The van der Waals surface area contributed by atoms with Gasteiger partial charge in [-0.3, -0.25) is 9.59 Å². The van der Waals surface area contributed by atoms with E-state index in [1.807, 2.05) is 69.3 Å². The van der Waals surface area contributed by atoms with Crippen molar-refractivity contribution in [3.63, 3.8) is 0 Å². The molecule has 0 fully saturated rings. The van der Waals surface area contributed by atoms with Crippen molar-refractivity contribution in [1.82, 2.24) is 4.90 Å². The van der Waals surface area contributed by atoms with Crippen LogP contribution in [0.3, 0.4) is 0 Å². The molecule has 1 aliphatic rings. The van der Waals surface area contributed by atoms with Crippen molar-refractivity contribution in [2.24, 2.45) is 0 Å². The number of carbonyl (C=O) groups is 1. The number of hydrogen-bond acceptors (Lipinski definition) is 7. The van der Waals surface area contributed by atoms with Gasteiger partial charge in [0.1, 0.15) is 5.58 Å². The second-order valence-electron chi connectivity index (χ2n) is 9.79. The molecule has 0 spiro atoms. The third-order valence-corrected chi connectivity index (χ3v) is 7.47. The Bertz CT molecular complexity index is 1660. The monoisotopic (exact) mass is 543 g/mol. The van der Waals surface area contributed by atoms with Crippen LogP contribution in [0.1, 0.15) is 51.3 Å². The van der Waals surface area contributed by atoms with Crippen molar-refractivity contribution >= 4 is 16.9 Å². The van der Waals surface area contributed by atoms with Gasteiger partial charge in [-0.05, 0) is 85.8 Å². The molecule has 3 aromatic carbocycles. The topological polar surface area (TPSA) is 87.4 Å². The zero-order chi connectivity index (χ0) is 28.6. The summed E-state index contributed by atoms with van der Waals surface area (Å²) in [5.74, 6) is 2.10. The van der Waals surface area contributed by atoms with E-state index in [0.29, 0.717) is 59.1 Å². The first-order chi connectivity index (χ1) is 19.3. The summed E-state index contributed by atoms with van der Waals surface area (Å²) in [5.41, 5.74) is 4.19. The molecule has 0 saturated heterocycles. The highest BCUT2D eigenvalue weighted by Gasteiger charge is 2.42. The van der Waals surface area contributed by atoms with E-state index >= 15 is 0 Å². The first kappa shape index (κ1) is 27.1. The summed E-state index contributed by atoms with van der Waals surface area (Å²) in [6.07, 6.45) is 0.524. The van der Waals surface area contributed by atoms with Gasteiger partial charge in [-0.25, -0.2) is 0 Å². The maximum Gasteiger partial charge on any atom is 0.290 e. The predicted octanol–water partition coefficient (Wildman–Crippen LogP) is 5.62. The largest absolute Gasteiger partial charge is 0.493 e. The molecule has 1 amide bonds. The Hall–Kier alpha value is -4.46. The highest BCUT2D eigenvalue weighted by atomic mass is 16.5. The molecule has 208 valence electrons. The van der Waals surface area contributed by atoms with Gasteiger partial charge >= 0.3 is 0 Å². The Balaban J connectivity index is 1.63. The first-order valence-electron chi connectivity index (χ1n) is 13.2. The number of rotatable bonds is 9. The fourth-order valence-corrected chi connectivity index (χ4v) is 5.27. The number of hydrogen-bond donors (Lipinski definition) is 0. The van der Waals surface area contributed by atoms with Gasteiger partial charge in [0.25, 0.3) is 5.91 Å². The van der Waals surface area contributed by atoms with E-state index in [1.54, 1.807) is 26.2 Å². The predicted molar refractivity (Wildman–Crippen MR) is 152 cm³/mol. The number of carbonyl (C=O) groups excluding carboxylic acids is 1. The molecule has 8 nitrogen and oxygen atoms in total. The normalized spacial score (nSPS) is 14.4. The van der Waals surface area contributed by atoms with Gasteiger partial charge in [0.15, 0.2) is 28.4 Å². The molecular formula is C32H33NO7. The Kier molecular flexibility index (Phi) is 7.43. The van der Waals surface area contributed by atoms with Crippen LogP contribution in [0.25, 0.3) is 11.0 Å². The zero-order valence-electron chi connectivity index (χ0n) is 23.6. The molecule has 5 rings (SSSR count). The molecule has 8 heteroatoms. The van der Waals surface area contributed by atoms with Crippen molar-refractivity contribution in [1.29, 1.82) is 0 Å². The summed E-state index contributed by atoms with van der Waals surface area (Å²) >= 11 is 0. The van der Waals surface area contributed by atoms with Crippen LogP contribution in [0, 0.1) is 13.8 Å². The minimum atomic E-state index is -0.658. The van der Waals surface area contributed by atoms with Crippen LogP contribution >= 0.6 is 0 Å². The van der Waals surface area contributed by atoms with Crippen LogP contribution in [-0.4, -0.2) is 45.3 Å². The van der Waals surface area contributed by atoms with Crippen LogP contribution in [0.5, 0.6) is 23.0 Å². The van der Waals surface area contributed by atoms with E-state index < -0.39 is 6.04 Å². The maximum atomic E-state index is 14.0. The molecule has 1 aliphatic heterocycles. The highest BCUT2D eigenvalue weighted by molar-refractivity contribution is 5.99. The van der Waals surface area contributed by atoms with Crippen LogP contribution in [-0.2, 0) is 6.42 Å². The molecule has 0 radical (unpaired) electrons. The van der Waals surface area contributed by atoms with Gasteiger partial charge in [-0.1, -0.05) is 12.1 Å². The number of fused-ring (bicyclic) bond motifs is 2. The van der Waals surface area contributed by atoms with Gasteiger partial charge in [-0.15, -0.1) is 0 Å². The van der Waals surface area contributed by atoms with Crippen LogP contribution < -0.4 is 24.4 Å². The molecule has 4 aromatic rings. The van der Waals surface area contributed by atoms with Crippen LogP contribution in [0.2, 0.25) is 0 Å². The molecule has 2 heterocycles. The van der Waals surface area contributed by atoms with E-state index in [0.717, 1.165) is 22.3 Å². The van der Waals surface area contributed by atoms with E-state index in [9.17, 15) is 9.59 Å². The molecule has 40 heavy (non-hydrogen) atoms. The average Bonchev–Trinajstić information content (AvgIpc) is 3.24. The van der Waals surface area contributed by atoms with Gasteiger partial charge in [-0.2, -0.15) is 0 Å². The Morgan fingerprint density at radius 2 is 1.50 bits per heavy atom. The van der Waals surface area contributed by atoms with E-state index in [2.05, 4.69) is 0 Å². The molecule has 1 unspecified atom stereocenters. The Morgan fingerprint density at radius 3 is 2.20 bits per heavy atom. The van der Waals surface area contributed by atoms with Gasteiger partial charge in [0.05, 0.1) is 44.9 Å². The van der Waals surface area contributed by atoms with Crippen LogP contribution in [0.15, 0.2) is 57.7 Å². The summed E-state index contributed by atoms with van der Waals surface area (Å²) in [5, 5.41) is 0.458. The van der Waals surface area contributed by atoms with Gasteiger partial charge < -0.3 is 28.3 Å². The minimum absolute atomic E-state index is 0.0749. The Morgan fingerprint density at radius 1 is 0.825 bits per heavy atom. The lowest BCUT2D eigenvalue weighted by molar-refractivity contribution is 0.0730. The molecule has 0 aliphatic carbocycles. The van der Waals surface area contributed by atoms with E-state index in [-0.39, 0.29) is 17.1 Å². The standard InChI is InChI=1S/C32H33NO7/c1-7-39-24-11-9-21(17-27(24)38-6)29-28-30(34)22-14-18(2)19(3)15-25(22)40-31(28)32(35)33(29)13-12-20-8-10-23(36-4)26(16-20)37-5/h8-11,14-17,29H,7,12-13H2,1-6H3. The zero-order valence-corrected chi connectivity index (χ0v) is 23.6. The summed E-state index contributed by atoms with van der Waals surface area (Å²) < 4.78 is 28.3. The SMILES string of the molecule is CCOc1ccc(C2c3c(oc4cc(C)c(C)cc4c3=O)C(=O)N2CCc2ccc(OC)c(OC)c2)cc1OC. The van der Waals surface area contributed by atoms with Gasteiger partial charge in [0.2, 0.25) is 5.76 Å². The summed E-state index contributed by atoms with van der Waals surface area (Å²) in [6, 6.07) is 14.2. The smallest absolute Gasteiger partial charge is 0.290 e. The quantitative estimate of drug-likeness (QED) is 0.271. The number of nitrogens with zero attached hydrogens (tertiary/aromatic N) is 1. The second kappa shape index (κ2) is 11.0. The van der Waals surface area contributed by atoms with E-state index in [4.69, 9.17) is 23.4 Å².